The van der Waals surface area contributed by atoms with E-state index in [1.54, 1.807) is 0 Å². The molecule has 1 aromatic heterocycles. The van der Waals surface area contributed by atoms with Crippen LogP contribution in [0.3, 0.4) is 0 Å². The quantitative estimate of drug-likeness (QED) is 0.485. The van der Waals surface area contributed by atoms with E-state index in [-0.39, 0.29) is 12.3 Å². The lowest BCUT2D eigenvalue weighted by atomic mass is 10.1. The molecule has 4 heteroatoms. The van der Waals surface area contributed by atoms with Gasteiger partial charge in [-0.15, -0.1) is 11.3 Å². The first kappa shape index (κ1) is 7.49. The molecule has 2 heterocycles. The Labute approximate surface area is 73.0 Å². The van der Waals surface area contributed by atoms with E-state index in [4.69, 9.17) is 0 Å². The predicted molar refractivity (Wildman–Crippen MR) is 42.8 cm³/mol. The maximum atomic E-state index is 11.0. The summed E-state index contributed by atoms with van der Waals surface area (Å²) in [6.45, 7) is 0. The van der Waals surface area contributed by atoms with Crippen LogP contribution in [0.5, 0.6) is 0 Å². The topological polar surface area (TPSA) is 43.4 Å². The van der Waals surface area contributed by atoms with Gasteiger partial charge in [-0.25, -0.2) is 0 Å². The van der Waals surface area contributed by atoms with Crippen LogP contribution in [0.25, 0.3) is 0 Å². The molecule has 62 valence electrons. The van der Waals surface area contributed by atoms with E-state index in [9.17, 15) is 9.59 Å². The zero-order valence-electron chi connectivity index (χ0n) is 6.15. The van der Waals surface area contributed by atoms with E-state index in [2.05, 4.69) is 4.74 Å². The minimum absolute atomic E-state index is 0.194. The van der Waals surface area contributed by atoms with Gasteiger partial charge in [0, 0.05) is 4.88 Å². The Morgan fingerprint density at radius 2 is 2.33 bits per heavy atom. The summed E-state index contributed by atoms with van der Waals surface area (Å²) in [5.74, 6) is -1.18. The summed E-state index contributed by atoms with van der Waals surface area (Å²) >= 11 is 1.47. The van der Waals surface area contributed by atoms with Crippen LogP contribution in [-0.2, 0) is 14.3 Å². The number of carbonyl (C=O) groups is 2. The summed E-state index contributed by atoms with van der Waals surface area (Å²) in [7, 11) is 0. The summed E-state index contributed by atoms with van der Waals surface area (Å²) in [5, 5.41) is 1.88. The van der Waals surface area contributed by atoms with Gasteiger partial charge in [0.15, 0.2) is 0 Å². The Bertz CT molecular complexity index is 315. The number of cyclic esters (lactones) is 2. The van der Waals surface area contributed by atoms with Crippen molar-refractivity contribution in [2.75, 3.05) is 0 Å². The highest BCUT2D eigenvalue weighted by Gasteiger charge is 2.35. The third-order valence-electron chi connectivity index (χ3n) is 1.76. The van der Waals surface area contributed by atoms with E-state index in [0.717, 1.165) is 4.88 Å². The largest absolute Gasteiger partial charge is 0.393 e. The van der Waals surface area contributed by atoms with Crippen LogP contribution in [0.15, 0.2) is 17.5 Å². The Hall–Kier alpha value is -1.16. The van der Waals surface area contributed by atoms with Crippen molar-refractivity contribution in [3.63, 3.8) is 0 Å². The minimum atomic E-state index is -0.418. The molecule has 1 aliphatic rings. The van der Waals surface area contributed by atoms with Gasteiger partial charge in [-0.2, -0.15) is 0 Å². The third-order valence-corrected chi connectivity index (χ3v) is 2.74. The van der Waals surface area contributed by atoms with Gasteiger partial charge in [-0.3, -0.25) is 9.59 Å². The molecule has 12 heavy (non-hydrogen) atoms. The van der Waals surface area contributed by atoms with E-state index < -0.39 is 11.9 Å². The summed E-state index contributed by atoms with van der Waals surface area (Å²) in [6, 6.07) is 3.70. The van der Waals surface area contributed by atoms with Crippen molar-refractivity contribution in [1.29, 1.82) is 0 Å². The molecule has 0 saturated carbocycles. The first-order chi connectivity index (χ1) is 5.77. The second kappa shape index (κ2) is 2.71. The number of rotatable bonds is 1. The molecule has 3 nitrogen and oxygen atoms in total. The van der Waals surface area contributed by atoms with Crippen molar-refractivity contribution in [1.82, 2.24) is 0 Å². The molecule has 0 aromatic carbocycles. The van der Waals surface area contributed by atoms with Crippen LogP contribution in [0.1, 0.15) is 17.2 Å². The molecular formula is C8H6O3S. The van der Waals surface area contributed by atoms with Gasteiger partial charge in [0.25, 0.3) is 0 Å². The molecule has 1 aliphatic heterocycles. The number of esters is 2. The molecule has 1 unspecified atom stereocenters. The fourth-order valence-electron chi connectivity index (χ4n) is 1.18. The number of thiophene rings is 1. The molecule has 2 rings (SSSR count). The lowest BCUT2D eigenvalue weighted by Gasteiger charge is -1.97. The molecule has 1 fully saturated rings. The summed E-state index contributed by atoms with van der Waals surface area (Å²) in [5.41, 5.74) is 0. The van der Waals surface area contributed by atoms with Crippen molar-refractivity contribution in [2.24, 2.45) is 0 Å². The molecule has 0 aliphatic carbocycles. The van der Waals surface area contributed by atoms with Crippen molar-refractivity contribution in [3.05, 3.63) is 22.4 Å². The smallest absolute Gasteiger partial charge is 0.322 e. The lowest BCUT2D eigenvalue weighted by molar-refractivity contribution is -0.152. The maximum Gasteiger partial charge on any atom is 0.322 e. The van der Waals surface area contributed by atoms with Gasteiger partial charge in [-0.1, -0.05) is 6.07 Å². The summed E-state index contributed by atoms with van der Waals surface area (Å²) in [4.78, 5) is 22.7. The highest BCUT2D eigenvalue weighted by atomic mass is 32.1. The van der Waals surface area contributed by atoms with E-state index in [1.807, 2.05) is 17.5 Å². The second-order valence-corrected chi connectivity index (χ2v) is 3.54. The second-order valence-electron chi connectivity index (χ2n) is 2.57. The van der Waals surface area contributed by atoms with E-state index >= 15 is 0 Å². The predicted octanol–water partition coefficient (Wildman–Crippen LogP) is 1.31. The van der Waals surface area contributed by atoms with Crippen molar-refractivity contribution < 1.29 is 14.3 Å². The number of hydrogen-bond donors (Lipinski definition) is 0. The third kappa shape index (κ3) is 1.14. The van der Waals surface area contributed by atoms with Crippen molar-refractivity contribution in [2.45, 2.75) is 12.3 Å². The molecular weight excluding hydrogens is 176 g/mol. The monoisotopic (exact) mass is 182 g/mol. The Balaban J connectivity index is 2.26. The first-order valence-corrected chi connectivity index (χ1v) is 4.43. The van der Waals surface area contributed by atoms with E-state index in [0.29, 0.717) is 0 Å². The fraction of sp³-hybridized carbons (Fsp3) is 0.250. The first-order valence-electron chi connectivity index (χ1n) is 3.55. The van der Waals surface area contributed by atoms with Gasteiger partial charge in [0.1, 0.15) is 5.92 Å². The van der Waals surface area contributed by atoms with Crippen molar-refractivity contribution >= 4 is 23.3 Å². The zero-order chi connectivity index (χ0) is 8.55. The molecule has 1 saturated heterocycles. The number of ether oxygens (including phenoxy) is 1. The fourth-order valence-corrected chi connectivity index (χ4v) is 2.00. The molecule has 0 radical (unpaired) electrons. The van der Waals surface area contributed by atoms with Crippen LogP contribution in [0.2, 0.25) is 0 Å². The lowest BCUT2D eigenvalue weighted by Crippen LogP contribution is -2.03. The number of hydrogen-bond acceptors (Lipinski definition) is 4. The van der Waals surface area contributed by atoms with Gasteiger partial charge in [0.2, 0.25) is 0 Å². The average Bonchev–Trinajstić information content (AvgIpc) is 2.58. The minimum Gasteiger partial charge on any atom is -0.393 e. The SMILES string of the molecule is O=C1CC(c2cccs2)C(=O)O1. The number of carbonyl (C=O) groups excluding carboxylic acids is 2. The van der Waals surface area contributed by atoms with Crippen LogP contribution >= 0.6 is 11.3 Å². The Morgan fingerprint density at radius 3 is 2.83 bits per heavy atom. The standard InChI is InChI=1S/C8H6O3S/c9-7-4-5(8(10)11-7)6-2-1-3-12-6/h1-3,5H,4H2. The maximum absolute atomic E-state index is 11.0. The Morgan fingerprint density at radius 1 is 1.50 bits per heavy atom. The molecule has 0 bridgehead atoms. The normalized spacial score (nSPS) is 22.8. The zero-order valence-corrected chi connectivity index (χ0v) is 6.97. The molecule has 0 amide bonds. The highest BCUT2D eigenvalue weighted by Crippen LogP contribution is 2.30. The van der Waals surface area contributed by atoms with Crippen LogP contribution in [-0.4, -0.2) is 11.9 Å². The Kier molecular flexibility index (Phi) is 1.69. The molecule has 0 spiro atoms. The molecule has 1 aromatic rings. The van der Waals surface area contributed by atoms with Crippen molar-refractivity contribution in [3.8, 4) is 0 Å². The van der Waals surface area contributed by atoms with Gasteiger partial charge in [-0.05, 0) is 11.4 Å². The summed E-state index contributed by atoms with van der Waals surface area (Å²) < 4.78 is 4.43. The summed E-state index contributed by atoms with van der Waals surface area (Å²) in [6.07, 6.45) is 0.194. The van der Waals surface area contributed by atoms with E-state index in [1.165, 1.54) is 11.3 Å². The van der Waals surface area contributed by atoms with Crippen LogP contribution < -0.4 is 0 Å². The average molecular weight is 182 g/mol. The highest BCUT2D eigenvalue weighted by molar-refractivity contribution is 7.10. The van der Waals surface area contributed by atoms with Crippen LogP contribution in [0.4, 0.5) is 0 Å². The van der Waals surface area contributed by atoms with Gasteiger partial charge < -0.3 is 4.74 Å². The van der Waals surface area contributed by atoms with Crippen LogP contribution in [0, 0.1) is 0 Å². The van der Waals surface area contributed by atoms with Gasteiger partial charge >= 0.3 is 11.9 Å². The molecule has 1 atom stereocenters. The van der Waals surface area contributed by atoms with Gasteiger partial charge in [0.05, 0.1) is 6.42 Å². The molecule has 0 N–H and O–H groups in total.